The van der Waals surface area contributed by atoms with Crippen molar-refractivity contribution in [3.63, 3.8) is 0 Å². The molecule has 4 nitrogen and oxygen atoms in total. The lowest BCUT2D eigenvalue weighted by Gasteiger charge is -2.40. The number of rotatable bonds is 2. The van der Waals surface area contributed by atoms with Crippen LogP contribution in [0.4, 0.5) is 0 Å². The molecule has 1 aliphatic heterocycles. The van der Waals surface area contributed by atoms with Crippen molar-refractivity contribution >= 4 is 0 Å². The number of hydrogen-bond donors (Lipinski definition) is 0. The van der Waals surface area contributed by atoms with Crippen LogP contribution >= 0.6 is 0 Å². The molecule has 4 heteroatoms. The molecule has 2 rings (SSSR count). The summed E-state index contributed by atoms with van der Waals surface area (Å²) in [5.74, 6) is 0. The van der Waals surface area contributed by atoms with Crippen molar-refractivity contribution in [2.75, 3.05) is 6.54 Å². The predicted molar refractivity (Wildman–Crippen MR) is 59.6 cm³/mol. The third-order valence-electron chi connectivity index (χ3n) is 3.42. The molecule has 1 aromatic rings. The van der Waals surface area contributed by atoms with Crippen LogP contribution in [-0.4, -0.2) is 38.3 Å². The molecule has 0 saturated carbocycles. The van der Waals surface area contributed by atoms with Crippen molar-refractivity contribution in [3.05, 3.63) is 12.7 Å². The summed E-state index contributed by atoms with van der Waals surface area (Å²) < 4.78 is 2.15. The van der Waals surface area contributed by atoms with Gasteiger partial charge in [0.15, 0.2) is 0 Å². The van der Waals surface area contributed by atoms with Gasteiger partial charge in [-0.15, -0.1) is 10.2 Å². The summed E-state index contributed by atoms with van der Waals surface area (Å²) in [5, 5.41) is 7.75. The Balaban J connectivity index is 2.00. The quantitative estimate of drug-likeness (QED) is 0.742. The average Bonchev–Trinajstić information content (AvgIpc) is 2.69. The Hall–Kier alpha value is -0.900. The fourth-order valence-corrected chi connectivity index (χ4v) is 2.60. The summed E-state index contributed by atoms with van der Waals surface area (Å²) in [5.41, 5.74) is 0. The van der Waals surface area contributed by atoms with Crippen LogP contribution in [0.15, 0.2) is 12.7 Å². The monoisotopic (exact) mass is 208 g/mol. The normalized spacial score (nSPS) is 28.5. The van der Waals surface area contributed by atoms with E-state index in [1.54, 1.807) is 0 Å². The Kier molecular flexibility index (Phi) is 3.05. The van der Waals surface area contributed by atoms with Crippen LogP contribution in [0.3, 0.4) is 0 Å². The van der Waals surface area contributed by atoms with E-state index in [2.05, 4.69) is 40.4 Å². The summed E-state index contributed by atoms with van der Waals surface area (Å²) in [6.07, 6.45) is 6.08. The van der Waals surface area contributed by atoms with Gasteiger partial charge >= 0.3 is 0 Å². The van der Waals surface area contributed by atoms with Crippen LogP contribution in [0.2, 0.25) is 0 Å². The Morgan fingerprint density at radius 1 is 1.27 bits per heavy atom. The van der Waals surface area contributed by atoms with Gasteiger partial charge in [-0.1, -0.05) is 0 Å². The first kappa shape index (κ1) is 10.6. The highest BCUT2D eigenvalue weighted by molar-refractivity contribution is 4.85. The lowest BCUT2D eigenvalue weighted by atomic mass is 9.97. The SMILES string of the molecule is CC(C)N1CCC(n2cnnc2)CC1C. The summed E-state index contributed by atoms with van der Waals surface area (Å²) in [6.45, 7) is 8.05. The molecule has 1 fully saturated rings. The number of likely N-dealkylation sites (tertiary alicyclic amines) is 1. The fraction of sp³-hybridized carbons (Fsp3) is 0.818. The van der Waals surface area contributed by atoms with Gasteiger partial charge in [-0.3, -0.25) is 4.90 Å². The summed E-state index contributed by atoms with van der Waals surface area (Å²) in [6, 6.07) is 1.90. The van der Waals surface area contributed by atoms with Gasteiger partial charge < -0.3 is 4.57 Å². The molecule has 0 aromatic carbocycles. The molecule has 0 amide bonds. The zero-order valence-corrected chi connectivity index (χ0v) is 9.80. The minimum Gasteiger partial charge on any atom is -0.317 e. The van der Waals surface area contributed by atoms with Crippen molar-refractivity contribution in [2.45, 2.75) is 51.7 Å². The smallest absolute Gasteiger partial charge is 0.119 e. The number of hydrogen-bond acceptors (Lipinski definition) is 3. The zero-order chi connectivity index (χ0) is 10.8. The third kappa shape index (κ3) is 2.20. The van der Waals surface area contributed by atoms with E-state index >= 15 is 0 Å². The lowest BCUT2D eigenvalue weighted by Crippen LogP contribution is -2.45. The lowest BCUT2D eigenvalue weighted by molar-refractivity contribution is 0.0948. The van der Waals surface area contributed by atoms with Gasteiger partial charge in [0.2, 0.25) is 0 Å². The molecule has 1 aromatic heterocycles. The van der Waals surface area contributed by atoms with E-state index < -0.39 is 0 Å². The average molecular weight is 208 g/mol. The van der Waals surface area contributed by atoms with E-state index in [-0.39, 0.29) is 0 Å². The van der Waals surface area contributed by atoms with Crippen LogP contribution in [0.1, 0.15) is 39.7 Å². The van der Waals surface area contributed by atoms with E-state index in [1.807, 2.05) is 12.7 Å². The minimum atomic E-state index is 0.588. The van der Waals surface area contributed by atoms with Gasteiger partial charge in [-0.05, 0) is 33.6 Å². The van der Waals surface area contributed by atoms with Crippen LogP contribution < -0.4 is 0 Å². The predicted octanol–water partition coefficient (Wildman–Crippen LogP) is 1.71. The second-order valence-corrected chi connectivity index (χ2v) is 4.77. The first-order chi connectivity index (χ1) is 7.18. The first-order valence-electron chi connectivity index (χ1n) is 5.78. The minimum absolute atomic E-state index is 0.588. The molecule has 15 heavy (non-hydrogen) atoms. The maximum Gasteiger partial charge on any atom is 0.119 e. The molecule has 2 heterocycles. The first-order valence-corrected chi connectivity index (χ1v) is 5.78. The molecule has 2 atom stereocenters. The van der Waals surface area contributed by atoms with Crippen molar-refractivity contribution in [2.24, 2.45) is 0 Å². The standard InChI is InChI=1S/C11H20N4/c1-9(2)15-5-4-11(6-10(15)3)14-7-12-13-8-14/h7-11H,4-6H2,1-3H3. The van der Waals surface area contributed by atoms with Gasteiger partial charge in [0.1, 0.15) is 12.7 Å². The number of nitrogens with zero attached hydrogens (tertiary/aromatic N) is 4. The third-order valence-corrected chi connectivity index (χ3v) is 3.42. The van der Waals surface area contributed by atoms with Gasteiger partial charge in [0, 0.05) is 24.7 Å². The molecule has 0 bridgehead atoms. The van der Waals surface area contributed by atoms with Gasteiger partial charge in [-0.2, -0.15) is 0 Å². The second-order valence-electron chi connectivity index (χ2n) is 4.77. The molecule has 84 valence electrons. The van der Waals surface area contributed by atoms with E-state index in [0.717, 1.165) is 0 Å². The largest absolute Gasteiger partial charge is 0.317 e. The molecule has 1 saturated heterocycles. The van der Waals surface area contributed by atoms with E-state index in [0.29, 0.717) is 18.1 Å². The molecule has 0 radical (unpaired) electrons. The van der Waals surface area contributed by atoms with E-state index in [4.69, 9.17) is 0 Å². The highest BCUT2D eigenvalue weighted by atomic mass is 15.3. The van der Waals surface area contributed by atoms with Crippen LogP contribution in [0.25, 0.3) is 0 Å². The van der Waals surface area contributed by atoms with Crippen LogP contribution in [0.5, 0.6) is 0 Å². The summed E-state index contributed by atoms with van der Waals surface area (Å²) in [7, 11) is 0. The van der Waals surface area contributed by atoms with Gasteiger partial charge in [0.25, 0.3) is 0 Å². The Morgan fingerprint density at radius 3 is 2.47 bits per heavy atom. The topological polar surface area (TPSA) is 34.0 Å². The number of piperidine rings is 1. The molecule has 0 spiro atoms. The molecular formula is C11H20N4. The summed E-state index contributed by atoms with van der Waals surface area (Å²) >= 11 is 0. The Labute approximate surface area is 91.3 Å². The molecule has 0 N–H and O–H groups in total. The summed E-state index contributed by atoms with van der Waals surface area (Å²) in [4.78, 5) is 2.57. The van der Waals surface area contributed by atoms with Gasteiger partial charge in [-0.25, -0.2) is 0 Å². The molecule has 2 unspecified atom stereocenters. The van der Waals surface area contributed by atoms with Crippen LogP contribution in [-0.2, 0) is 0 Å². The highest BCUT2D eigenvalue weighted by Gasteiger charge is 2.27. The maximum atomic E-state index is 3.88. The van der Waals surface area contributed by atoms with E-state index in [1.165, 1.54) is 19.4 Å². The van der Waals surface area contributed by atoms with Crippen molar-refractivity contribution in [1.82, 2.24) is 19.7 Å². The van der Waals surface area contributed by atoms with Crippen LogP contribution in [0, 0.1) is 0 Å². The van der Waals surface area contributed by atoms with E-state index in [9.17, 15) is 0 Å². The van der Waals surface area contributed by atoms with Crippen molar-refractivity contribution < 1.29 is 0 Å². The van der Waals surface area contributed by atoms with Crippen molar-refractivity contribution in [1.29, 1.82) is 0 Å². The number of aromatic nitrogens is 3. The highest BCUT2D eigenvalue weighted by Crippen LogP contribution is 2.27. The second kappa shape index (κ2) is 4.31. The molecule has 0 aliphatic carbocycles. The fourth-order valence-electron chi connectivity index (χ4n) is 2.60. The van der Waals surface area contributed by atoms with Gasteiger partial charge in [0.05, 0.1) is 0 Å². The molecule has 1 aliphatic rings. The van der Waals surface area contributed by atoms with Crippen molar-refractivity contribution in [3.8, 4) is 0 Å². The maximum absolute atomic E-state index is 3.88. The molecular weight excluding hydrogens is 188 g/mol. The Bertz CT molecular complexity index is 294. The Morgan fingerprint density at radius 2 is 1.93 bits per heavy atom. The zero-order valence-electron chi connectivity index (χ0n) is 9.80.